The topological polar surface area (TPSA) is 103 Å². The Morgan fingerprint density at radius 3 is 2.44 bits per heavy atom. The van der Waals surface area contributed by atoms with E-state index in [-0.39, 0.29) is 5.15 Å². The molecule has 3 aromatic rings. The first-order valence-corrected chi connectivity index (χ1v) is 12.3. The van der Waals surface area contributed by atoms with Gasteiger partial charge in [0.2, 0.25) is 5.95 Å². The van der Waals surface area contributed by atoms with Gasteiger partial charge in [-0.1, -0.05) is 23.2 Å². The van der Waals surface area contributed by atoms with E-state index in [4.69, 9.17) is 23.2 Å². The van der Waals surface area contributed by atoms with E-state index in [1.807, 2.05) is 0 Å². The van der Waals surface area contributed by atoms with Crippen LogP contribution in [0.5, 0.6) is 0 Å². The van der Waals surface area contributed by atoms with E-state index in [9.17, 15) is 8.42 Å². The summed E-state index contributed by atoms with van der Waals surface area (Å²) in [5.41, 5.74) is 0.997. The van der Waals surface area contributed by atoms with Crippen LogP contribution in [-0.4, -0.2) is 66.9 Å². The largest absolute Gasteiger partial charge is 0.352 e. The molecule has 2 N–H and O–H groups in total. The maximum Gasteiger partial charge on any atom is 0.253 e. The normalized spacial score (nSPS) is 16.2. The van der Waals surface area contributed by atoms with E-state index < -0.39 is 15.4 Å². The molecule has 0 aliphatic carbocycles. The van der Waals surface area contributed by atoms with Crippen molar-refractivity contribution in [1.29, 1.82) is 0 Å². The molecule has 3 heterocycles. The standard InChI is InChI=1S/C20H23Cl2N7O2S/c1-13(32(30,31)27-15-5-3-14(21)4-6-15)24-19-16-11-18(22)23-12-17(16)25-20(26-19)29-9-7-28(2)8-10-29/h3-6,11-13,27H,7-10H2,1-2H3,(H,24,25,26). The van der Waals surface area contributed by atoms with Gasteiger partial charge in [0.15, 0.2) is 0 Å². The minimum atomic E-state index is -3.78. The van der Waals surface area contributed by atoms with Gasteiger partial charge in [0, 0.05) is 42.3 Å². The van der Waals surface area contributed by atoms with Crippen LogP contribution >= 0.6 is 23.2 Å². The lowest BCUT2D eigenvalue weighted by Crippen LogP contribution is -2.45. The predicted octanol–water partition coefficient (Wildman–Crippen LogP) is 3.28. The number of fused-ring (bicyclic) bond motifs is 1. The van der Waals surface area contributed by atoms with Crippen molar-refractivity contribution >= 4 is 61.6 Å². The van der Waals surface area contributed by atoms with Crippen LogP contribution in [-0.2, 0) is 10.0 Å². The number of nitrogens with one attached hydrogen (secondary N) is 2. The van der Waals surface area contributed by atoms with Crippen LogP contribution in [0.25, 0.3) is 10.9 Å². The highest BCUT2D eigenvalue weighted by Crippen LogP contribution is 2.27. The van der Waals surface area contributed by atoms with Gasteiger partial charge < -0.3 is 15.1 Å². The number of aromatic nitrogens is 3. The van der Waals surface area contributed by atoms with Gasteiger partial charge in [-0.05, 0) is 44.3 Å². The van der Waals surface area contributed by atoms with Crippen molar-refractivity contribution in [3.8, 4) is 0 Å². The summed E-state index contributed by atoms with van der Waals surface area (Å²) in [5, 5.41) is 3.41. The van der Waals surface area contributed by atoms with Crippen molar-refractivity contribution in [2.24, 2.45) is 0 Å². The molecule has 1 fully saturated rings. The summed E-state index contributed by atoms with van der Waals surface area (Å²) in [6, 6.07) is 8.06. The second-order valence-electron chi connectivity index (χ2n) is 7.63. The maximum atomic E-state index is 12.9. The van der Waals surface area contributed by atoms with E-state index in [2.05, 4.69) is 41.8 Å². The van der Waals surface area contributed by atoms with Gasteiger partial charge in [-0.3, -0.25) is 4.72 Å². The first-order valence-electron chi connectivity index (χ1n) is 10.0. The molecule has 170 valence electrons. The zero-order valence-electron chi connectivity index (χ0n) is 17.6. The van der Waals surface area contributed by atoms with Crippen molar-refractivity contribution in [1.82, 2.24) is 19.9 Å². The summed E-state index contributed by atoms with van der Waals surface area (Å²) >= 11 is 12.0. The number of sulfonamides is 1. The predicted molar refractivity (Wildman–Crippen MR) is 129 cm³/mol. The molecular weight excluding hydrogens is 473 g/mol. The average Bonchev–Trinajstić information content (AvgIpc) is 2.76. The smallest absolute Gasteiger partial charge is 0.253 e. The van der Waals surface area contributed by atoms with Crippen molar-refractivity contribution < 1.29 is 8.42 Å². The number of pyridine rings is 1. The van der Waals surface area contributed by atoms with Crippen LogP contribution < -0.4 is 14.9 Å². The number of benzene rings is 1. The Labute approximate surface area is 196 Å². The van der Waals surface area contributed by atoms with Crippen LogP contribution in [0.15, 0.2) is 36.5 Å². The molecule has 1 atom stereocenters. The molecule has 9 nitrogen and oxygen atoms in total. The molecule has 2 aromatic heterocycles. The van der Waals surface area contributed by atoms with Crippen molar-refractivity contribution in [3.05, 3.63) is 46.7 Å². The fourth-order valence-electron chi connectivity index (χ4n) is 3.29. The Hall–Kier alpha value is -2.40. The second-order valence-corrected chi connectivity index (χ2v) is 10.5. The summed E-state index contributed by atoms with van der Waals surface area (Å²) in [4.78, 5) is 17.7. The number of hydrogen-bond donors (Lipinski definition) is 2. The Balaban J connectivity index is 1.64. The summed E-state index contributed by atoms with van der Waals surface area (Å²) < 4.78 is 28.4. The van der Waals surface area contributed by atoms with Gasteiger partial charge in [0.25, 0.3) is 10.0 Å². The number of nitrogens with zero attached hydrogens (tertiary/aromatic N) is 5. The van der Waals surface area contributed by atoms with Crippen LogP contribution in [0, 0.1) is 0 Å². The average molecular weight is 496 g/mol. The first-order chi connectivity index (χ1) is 15.2. The highest BCUT2D eigenvalue weighted by Gasteiger charge is 2.24. The summed E-state index contributed by atoms with van der Waals surface area (Å²) in [5.74, 6) is 0.898. The van der Waals surface area contributed by atoms with Gasteiger partial charge in [-0.25, -0.2) is 18.4 Å². The lowest BCUT2D eigenvalue weighted by molar-refractivity contribution is 0.311. The molecule has 4 rings (SSSR count). The van der Waals surface area contributed by atoms with Gasteiger partial charge in [-0.2, -0.15) is 4.98 Å². The van der Waals surface area contributed by atoms with E-state index in [1.165, 1.54) is 0 Å². The zero-order valence-corrected chi connectivity index (χ0v) is 19.9. The number of anilines is 3. The SMILES string of the molecule is CC(Nc1nc(N2CCN(C)CC2)nc2cnc(Cl)cc12)S(=O)(=O)Nc1ccc(Cl)cc1. The third-order valence-corrected chi connectivity index (χ3v) is 7.26. The minimum absolute atomic E-state index is 0.270. The number of rotatable bonds is 6. The maximum absolute atomic E-state index is 12.9. The summed E-state index contributed by atoms with van der Waals surface area (Å²) in [7, 11) is -1.71. The number of halogens is 2. The molecule has 12 heteroatoms. The van der Waals surface area contributed by atoms with Crippen LogP contribution in [0.2, 0.25) is 10.2 Å². The third kappa shape index (κ3) is 5.15. The van der Waals surface area contributed by atoms with Crippen LogP contribution in [0.1, 0.15) is 6.92 Å². The molecule has 0 amide bonds. The highest BCUT2D eigenvalue weighted by molar-refractivity contribution is 7.93. The summed E-state index contributed by atoms with van der Waals surface area (Å²) in [6.45, 7) is 4.87. The Kier molecular flexibility index (Phi) is 6.57. The Morgan fingerprint density at radius 2 is 1.75 bits per heavy atom. The molecule has 1 saturated heterocycles. The molecule has 1 aliphatic heterocycles. The quantitative estimate of drug-likeness (QED) is 0.502. The van der Waals surface area contributed by atoms with Crippen molar-refractivity contribution in [2.45, 2.75) is 12.3 Å². The number of piperazine rings is 1. The van der Waals surface area contributed by atoms with Crippen molar-refractivity contribution in [3.63, 3.8) is 0 Å². The number of likely N-dealkylation sites (N-methyl/N-ethyl adjacent to an activating group) is 1. The van der Waals surface area contributed by atoms with Gasteiger partial charge in [-0.15, -0.1) is 0 Å². The van der Waals surface area contributed by atoms with Gasteiger partial charge in [0.05, 0.1) is 11.7 Å². The second kappa shape index (κ2) is 9.22. The molecular formula is C20H23Cl2N7O2S. The zero-order chi connectivity index (χ0) is 22.9. The molecule has 0 spiro atoms. The molecule has 0 saturated carbocycles. The van der Waals surface area contributed by atoms with Crippen LogP contribution in [0.3, 0.4) is 0 Å². The molecule has 32 heavy (non-hydrogen) atoms. The number of hydrogen-bond acceptors (Lipinski definition) is 8. The Bertz CT molecular complexity index is 1220. The minimum Gasteiger partial charge on any atom is -0.352 e. The molecule has 1 aliphatic rings. The van der Waals surface area contributed by atoms with Crippen LogP contribution in [0.4, 0.5) is 17.5 Å². The van der Waals surface area contributed by atoms with Crippen molar-refractivity contribution in [2.75, 3.05) is 48.2 Å². The highest BCUT2D eigenvalue weighted by atomic mass is 35.5. The lowest BCUT2D eigenvalue weighted by Gasteiger charge is -2.32. The monoisotopic (exact) mass is 495 g/mol. The molecule has 0 radical (unpaired) electrons. The molecule has 1 unspecified atom stereocenters. The van der Waals surface area contributed by atoms with E-state index in [0.717, 1.165) is 26.2 Å². The molecule has 0 bridgehead atoms. The molecule has 1 aromatic carbocycles. The summed E-state index contributed by atoms with van der Waals surface area (Å²) in [6.07, 6.45) is 1.56. The lowest BCUT2D eigenvalue weighted by atomic mass is 10.3. The van der Waals surface area contributed by atoms with E-state index in [0.29, 0.717) is 33.4 Å². The van der Waals surface area contributed by atoms with E-state index in [1.54, 1.807) is 43.5 Å². The third-order valence-electron chi connectivity index (χ3n) is 5.23. The Morgan fingerprint density at radius 1 is 1.06 bits per heavy atom. The van der Waals surface area contributed by atoms with Gasteiger partial charge in [0.1, 0.15) is 16.3 Å². The van der Waals surface area contributed by atoms with Gasteiger partial charge >= 0.3 is 0 Å². The fraction of sp³-hybridized carbons (Fsp3) is 0.350. The first kappa shape index (κ1) is 22.8. The fourth-order valence-corrected chi connectivity index (χ4v) is 4.49. The van der Waals surface area contributed by atoms with E-state index >= 15 is 0 Å².